The Kier molecular flexibility index (Phi) is 24.2. The summed E-state index contributed by atoms with van der Waals surface area (Å²) in [6.45, 7) is 16.5. The summed E-state index contributed by atoms with van der Waals surface area (Å²) in [5.74, 6) is 7.40. The fourth-order valence-electron chi connectivity index (χ4n) is 3.40. The largest absolute Gasteiger partial charge is 0.465 e. The van der Waals surface area contributed by atoms with Gasteiger partial charge in [0.2, 0.25) is 6.41 Å². The van der Waals surface area contributed by atoms with Gasteiger partial charge in [0.1, 0.15) is 10.7 Å². The predicted octanol–water partition coefficient (Wildman–Crippen LogP) is 8.91. The van der Waals surface area contributed by atoms with Crippen LogP contribution in [0, 0.1) is 29.6 Å². The second-order valence-electron chi connectivity index (χ2n) is 9.71. The third kappa shape index (κ3) is 19.6. The van der Waals surface area contributed by atoms with Crippen molar-refractivity contribution in [3.05, 3.63) is 15.8 Å². The van der Waals surface area contributed by atoms with Gasteiger partial charge in [-0.3, -0.25) is 9.59 Å². The molecule has 1 aromatic rings. The molecule has 0 saturated heterocycles. The van der Waals surface area contributed by atoms with Crippen LogP contribution in [0.3, 0.4) is 0 Å². The molecule has 1 aliphatic rings. The van der Waals surface area contributed by atoms with Crippen LogP contribution in [0.1, 0.15) is 134 Å². The van der Waals surface area contributed by atoms with Gasteiger partial charge in [-0.2, -0.15) is 0 Å². The molecule has 0 spiro atoms. The molecule has 0 aliphatic heterocycles. The molecule has 0 bridgehead atoms. The third-order valence-corrected chi connectivity index (χ3v) is 6.65. The summed E-state index contributed by atoms with van der Waals surface area (Å²) in [6, 6.07) is 1.67. The number of anilines is 1. The van der Waals surface area contributed by atoms with Crippen molar-refractivity contribution in [3.8, 4) is 11.8 Å². The van der Waals surface area contributed by atoms with Gasteiger partial charge >= 0.3 is 5.97 Å². The highest BCUT2D eigenvalue weighted by Crippen LogP contribution is 2.27. The minimum atomic E-state index is -0.475. The number of methoxy groups -OCH3 is 1. The second kappa shape index (κ2) is 24.2. The molecule has 37 heavy (non-hydrogen) atoms. The average molecular weight is 536 g/mol. The zero-order chi connectivity index (χ0) is 28.6. The van der Waals surface area contributed by atoms with E-state index in [1.165, 1.54) is 69.8 Å². The van der Waals surface area contributed by atoms with Crippen LogP contribution in [0.25, 0.3) is 0 Å². The van der Waals surface area contributed by atoms with Gasteiger partial charge in [-0.05, 0) is 18.4 Å². The number of hydrogen-bond acceptors (Lipinski definition) is 5. The third-order valence-electron chi connectivity index (χ3n) is 5.62. The van der Waals surface area contributed by atoms with Crippen LogP contribution in [0.4, 0.5) is 5.69 Å². The molecule has 1 fully saturated rings. The molecule has 6 heteroatoms. The molecule has 0 aromatic carbocycles. The van der Waals surface area contributed by atoms with E-state index < -0.39 is 5.97 Å². The number of unbranched alkanes of at least 4 members (excludes halogenated alkanes) is 3. The SMILES string of the molecule is CC.CC1CCCCC1.CCCCCCC(=O)C(C)C.COC(=O)c1sc(C#CC(C)C)cc1NC=O. The van der Waals surface area contributed by atoms with Crippen molar-refractivity contribution in [3.63, 3.8) is 0 Å². The Morgan fingerprint density at radius 3 is 2.16 bits per heavy atom. The van der Waals surface area contributed by atoms with E-state index in [1.54, 1.807) is 6.07 Å². The highest BCUT2D eigenvalue weighted by atomic mass is 32.1. The number of carbonyl (C=O) groups is 3. The summed E-state index contributed by atoms with van der Waals surface area (Å²) in [4.78, 5) is 34.0. The van der Waals surface area contributed by atoms with E-state index >= 15 is 0 Å². The molecule has 1 heterocycles. The van der Waals surface area contributed by atoms with Crippen molar-refractivity contribution in [2.24, 2.45) is 17.8 Å². The molecule has 0 radical (unpaired) electrons. The van der Waals surface area contributed by atoms with Gasteiger partial charge < -0.3 is 10.1 Å². The topological polar surface area (TPSA) is 72.5 Å². The van der Waals surface area contributed by atoms with Crippen LogP contribution in [0.5, 0.6) is 0 Å². The zero-order valence-electron chi connectivity index (χ0n) is 25.0. The number of ether oxygens (including phenoxy) is 1. The molecule has 1 saturated carbocycles. The summed E-state index contributed by atoms with van der Waals surface area (Å²) in [7, 11) is 1.30. The molecular formula is C31H53NO4S. The fourth-order valence-corrected chi connectivity index (χ4v) is 4.31. The van der Waals surface area contributed by atoms with Gasteiger partial charge in [0, 0.05) is 18.3 Å². The minimum absolute atomic E-state index is 0.233. The summed E-state index contributed by atoms with van der Waals surface area (Å²) in [5, 5.41) is 2.46. The number of rotatable bonds is 9. The maximum absolute atomic E-state index is 11.4. The Balaban J connectivity index is 0. The number of esters is 1. The van der Waals surface area contributed by atoms with Crippen molar-refractivity contribution >= 4 is 35.2 Å². The van der Waals surface area contributed by atoms with E-state index in [4.69, 9.17) is 0 Å². The predicted molar refractivity (Wildman–Crippen MR) is 159 cm³/mol. The smallest absolute Gasteiger partial charge is 0.350 e. The number of carbonyl (C=O) groups excluding carboxylic acids is 3. The lowest BCUT2D eigenvalue weighted by Crippen LogP contribution is -2.05. The maximum atomic E-state index is 11.4. The minimum Gasteiger partial charge on any atom is -0.465 e. The van der Waals surface area contributed by atoms with Crippen LogP contribution in [-0.4, -0.2) is 25.3 Å². The van der Waals surface area contributed by atoms with Crippen LogP contribution >= 0.6 is 11.3 Å². The van der Waals surface area contributed by atoms with Crippen LogP contribution in [0.2, 0.25) is 0 Å². The van der Waals surface area contributed by atoms with Crippen molar-refractivity contribution in [2.75, 3.05) is 12.4 Å². The Morgan fingerprint density at radius 1 is 1.11 bits per heavy atom. The van der Waals surface area contributed by atoms with Gasteiger partial charge in [0.25, 0.3) is 0 Å². The number of ketones is 1. The lowest BCUT2D eigenvalue weighted by molar-refractivity contribution is -0.122. The Labute approximate surface area is 231 Å². The second-order valence-corrected chi connectivity index (χ2v) is 10.8. The van der Waals surface area contributed by atoms with Crippen LogP contribution in [-0.2, 0) is 14.3 Å². The van der Waals surface area contributed by atoms with Crippen molar-refractivity contribution in [2.45, 2.75) is 120 Å². The monoisotopic (exact) mass is 535 g/mol. The highest BCUT2D eigenvalue weighted by molar-refractivity contribution is 7.15. The summed E-state index contributed by atoms with van der Waals surface area (Å²) >= 11 is 1.20. The van der Waals surface area contributed by atoms with E-state index in [0.29, 0.717) is 22.8 Å². The molecule has 2 rings (SSSR count). The van der Waals surface area contributed by atoms with Gasteiger partial charge in [0.05, 0.1) is 17.7 Å². The summed E-state index contributed by atoms with van der Waals surface area (Å²) in [5.41, 5.74) is 0.435. The lowest BCUT2D eigenvalue weighted by Gasteiger charge is -2.15. The molecule has 1 amide bonds. The molecule has 1 aliphatic carbocycles. The maximum Gasteiger partial charge on any atom is 0.350 e. The first-order valence-corrected chi connectivity index (χ1v) is 14.9. The quantitative estimate of drug-likeness (QED) is 0.148. The molecule has 0 atom stereocenters. The normalized spacial score (nSPS) is 12.4. The Bertz CT molecular complexity index is 796. The first kappa shape index (κ1) is 37.0. The number of Topliss-reactive ketones (excluding diaryl/α,β-unsaturated/α-hetero) is 1. The van der Waals surface area contributed by atoms with Crippen molar-refractivity contribution in [1.82, 2.24) is 0 Å². The number of nitrogens with one attached hydrogen (secondary N) is 1. The Hall–Kier alpha value is -2.13. The zero-order valence-corrected chi connectivity index (χ0v) is 25.8. The number of hydrogen-bond donors (Lipinski definition) is 1. The lowest BCUT2D eigenvalue weighted by atomic mass is 9.91. The van der Waals surface area contributed by atoms with Crippen molar-refractivity contribution < 1.29 is 19.1 Å². The van der Waals surface area contributed by atoms with E-state index in [9.17, 15) is 14.4 Å². The van der Waals surface area contributed by atoms with E-state index in [0.717, 1.165) is 23.6 Å². The summed E-state index contributed by atoms with van der Waals surface area (Å²) < 4.78 is 4.63. The molecular weight excluding hydrogens is 482 g/mol. The Morgan fingerprint density at radius 2 is 1.73 bits per heavy atom. The number of thiophene rings is 1. The molecule has 212 valence electrons. The first-order chi connectivity index (χ1) is 17.7. The van der Waals surface area contributed by atoms with Gasteiger partial charge in [-0.1, -0.05) is 119 Å². The van der Waals surface area contributed by atoms with Crippen molar-refractivity contribution in [1.29, 1.82) is 0 Å². The summed E-state index contributed by atoms with van der Waals surface area (Å²) in [6.07, 6.45) is 13.6. The van der Waals surface area contributed by atoms with E-state index in [-0.39, 0.29) is 11.8 Å². The molecule has 1 aromatic heterocycles. The van der Waals surface area contributed by atoms with E-state index in [2.05, 4.69) is 35.7 Å². The molecule has 5 nitrogen and oxygen atoms in total. The molecule has 1 N–H and O–H groups in total. The van der Waals surface area contributed by atoms with Gasteiger partial charge in [0.15, 0.2) is 0 Å². The van der Waals surface area contributed by atoms with Gasteiger partial charge in [-0.25, -0.2) is 4.79 Å². The average Bonchev–Trinajstić information content (AvgIpc) is 3.30. The first-order valence-electron chi connectivity index (χ1n) is 14.1. The standard InChI is InChI=1S/C12H13NO3S.C10H20O.C7H14.C2H6/c1-8(2)4-5-9-6-10(13-7-14)11(17-9)12(15)16-3;1-4-5-6-7-8-10(11)9(2)3;1-7-5-3-2-4-6-7;1-2/h6-8H,1-3H3,(H,13,14);9H,4-8H2,1-3H3;7H,2-6H2,1H3;1-2H3. The number of amides is 1. The fraction of sp³-hybridized carbons (Fsp3) is 0.710. The van der Waals surface area contributed by atoms with Crippen LogP contribution < -0.4 is 5.32 Å². The van der Waals surface area contributed by atoms with Gasteiger partial charge in [-0.15, -0.1) is 11.3 Å². The highest BCUT2D eigenvalue weighted by Gasteiger charge is 2.16. The van der Waals surface area contributed by atoms with E-state index in [1.807, 2.05) is 41.5 Å². The van der Waals surface area contributed by atoms with Crippen LogP contribution in [0.15, 0.2) is 6.07 Å². The molecule has 0 unspecified atom stereocenters.